The van der Waals surface area contributed by atoms with Crippen molar-refractivity contribution in [3.05, 3.63) is 29.3 Å². The first-order valence-corrected chi connectivity index (χ1v) is 13.2. The predicted molar refractivity (Wildman–Crippen MR) is 94.6 cm³/mol. The van der Waals surface area contributed by atoms with Gasteiger partial charge < -0.3 is 0 Å². The van der Waals surface area contributed by atoms with E-state index in [9.17, 15) is 0 Å². The zero-order chi connectivity index (χ0) is 13.0. The molecule has 0 spiro atoms. The van der Waals surface area contributed by atoms with Gasteiger partial charge in [0.25, 0.3) is 0 Å². The minimum atomic E-state index is -0.0393. The van der Waals surface area contributed by atoms with Gasteiger partial charge in [-0.25, -0.2) is 0 Å². The van der Waals surface area contributed by atoms with Crippen LogP contribution in [0.2, 0.25) is 0 Å². The smallest absolute Gasteiger partial charge is 0.0243 e. The number of unbranched alkanes of at least 4 members (excludes halogenated alkanes) is 1. The summed E-state index contributed by atoms with van der Waals surface area (Å²) in [6.07, 6.45) is 3.87. The fourth-order valence-corrected chi connectivity index (χ4v) is 6.40. The molecule has 1 aliphatic heterocycles. The molecule has 0 aromatic heterocycles. The lowest BCUT2D eigenvalue weighted by Crippen LogP contribution is -2.33. The number of hydrogen-bond acceptors (Lipinski definition) is 1. The Morgan fingerprint density at radius 1 is 1.44 bits per heavy atom. The average molecular weight is 317 g/mol. The van der Waals surface area contributed by atoms with Gasteiger partial charge in [-0.2, -0.15) is 0 Å². The summed E-state index contributed by atoms with van der Waals surface area (Å²) < 4.78 is 0. The molecule has 2 rings (SSSR count). The van der Waals surface area contributed by atoms with Crippen molar-refractivity contribution in [3.63, 3.8) is 0 Å². The molecule has 1 aromatic rings. The van der Waals surface area contributed by atoms with Crippen molar-refractivity contribution in [2.24, 2.45) is 0 Å². The van der Waals surface area contributed by atoms with Gasteiger partial charge in [0.15, 0.2) is 0 Å². The van der Waals surface area contributed by atoms with Crippen LogP contribution in [0.15, 0.2) is 18.2 Å². The fourth-order valence-electron chi connectivity index (χ4n) is 2.49. The molecule has 1 nitrogen and oxygen atoms in total. The summed E-state index contributed by atoms with van der Waals surface area (Å²) in [5.74, 6) is 0. The Kier molecular flexibility index (Phi) is 6.47. The van der Waals surface area contributed by atoms with Gasteiger partial charge in [-0.1, -0.05) is 39.5 Å². The molecule has 0 saturated carbocycles. The third kappa shape index (κ3) is 3.72. The summed E-state index contributed by atoms with van der Waals surface area (Å²) in [7, 11) is 6.90. The normalized spacial score (nSPS) is 18.2. The van der Waals surface area contributed by atoms with Gasteiger partial charge in [-0.3, -0.25) is 4.90 Å². The summed E-state index contributed by atoms with van der Waals surface area (Å²) in [5.41, 5.74) is 3.23. The first-order valence-electron chi connectivity index (χ1n) is 6.60. The molecule has 1 aliphatic rings. The molecule has 0 N–H and O–H groups in total. The predicted octanol–water partition coefficient (Wildman–Crippen LogP) is 4.13. The molecule has 4 atom stereocenters. The fraction of sp³-hybridized carbons (Fsp3) is 0.538. The van der Waals surface area contributed by atoms with E-state index < -0.39 is 0 Å². The molecule has 100 valence electrons. The van der Waals surface area contributed by atoms with Crippen molar-refractivity contribution in [3.8, 4) is 0 Å². The van der Waals surface area contributed by atoms with E-state index in [1.54, 1.807) is 16.4 Å². The van der Waals surface area contributed by atoms with Gasteiger partial charge in [0.2, 0.25) is 0 Å². The van der Waals surface area contributed by atoms with Crippen LogP contribution in [0.1, 0.15) is 30.9 Å². The lowest BCUT2D eigenvalue weighted by atomic mass is 9.99. The van der Waals surface area contributed by atoms with Crippen molar-refractivity contribution in [2.45, 2.75) is 32.7 Å². The van der Waals surface area contributed by atoms with Crippen LogP contribution in [0.5, 0.6) is 0 Å². The highest BCUT2D eigenvalue weighted by atomic mass is 32.6. The topological polar surface area (TPSA) is 3.24 Å². The lowest BCUT2D eigenvalue weighted by molar-refractivity contribution is 0.251. The van der Waals surface area contributed by atoms with Crippen LogP contribution in [0.25, 0.3) is 0 Å². The van der Waals surface area contributed by atoms with Crippen LogP contribution >= 0.6 is 33.1 Å². The van der Waals surface area contributed by atoms with Crippen LogP contribution in [-0.4, -0.2) is 18.0 Å². The van der Waals surface area contributed by atoms with E-state index in [0.717, 1.165) is 7.96 Å². The summed E-state index contributed by atoms with van der Waals surface area (Å²) in [6, 6.07) is 6.92. The molecule has 0 radical (unpaired) electrons. The lowest BCUT2D eigenvalue weighted by Gasteiger charge is -2.31. The molecular weight excluding hydrogens is 294 g/mol. The maximum Gasteiger partial charge on any atom is 0.0243 e. The second kappa shape index (κ2) is 7.62. The minimum absolute atomic E-state index is 0.0393. The largest absolute Gasteiger partial charge is 0.299 e. The van der Waals surface area contributed by atoms with E-state index in [-0.39, 0.29) is 7.30 Å². The molecule has 5 heteroatoms. The van der Waals surface area contributed by atoms with Gasteiger partial charge in [0.05, 0.1) is 0 Å². The number of fused-ring (bicyclic) bond motifs is 1. The van der Waals surface area contributed by atoms with Crippen LogP contribution in [0.3, 0.4) is 0 Å². The SMILES string of the molecule is CCCCN1CCc2cccc(P(P)PP)c2C1. The Balaban J connectivity index is 2.18. The molecule has 1 heterocycles. The van der Waals surface area contributed by atoms with Crippen molar-refractivity contribution >= 4 is 38.4 Å². The second-order valence-corrected chi connectivity index (χ2v) is 13.9. The van der Waals surface area contributed by atoms with E-state index in [2.05, 4.69) is 47.9 Å². The van der Waals surface area contributed by atoms with Crippen molar-refractivity contribution in [1.82, 2.24) is 4.90 Å². The summed E-state index contributed by atoms with van der Waals surface area (Å²) >= 11 is 0. The van der Waals surface area contributed by atoms with E-state index >= 15 is 0 Å². The zero-order valence-electron chi connectivity index (χ0n) is 11.0. The van der Waals surface area contributed by atoms with Crippen molar-refractivity contribution < 1.29 is 0 Å². The maximum absolute atomic E-state index is 3.07. The van der Waals surface area contributed by atoms with Crippen LogP contribution in [0, 0.1) is 0 Å². The highest BCUT2D eigenvalue weighted by Crippen LogP contribution is 2.65. The second-order valence-electron chi connectivity index (χ2n) is 4.79. The van der Waals surface area contributed by atoms with Crippen LogP contribution < -0.4 is 5.30 Å². The van der Waals surface area contributed by atoms with Gasteiger partial charge in [0.1, 0.15) is 0 Å². The quantitative estimate of drug-likeness (QED) is 0.738. The highest BCUT2D eigenvalue weighted by molar-refractivity contribution is 8.63. The maximum atomic E-state index is 3.07. The van der Waals surface area contributed by atoms with Crippen molar-refractivity contribution in [2.75, 3.05) is 13.1 Å². The van der Waals surface area contributed by atoms with E-state index in [4.69, 9.17) is 0 Å². The summed E-state index contributed by atoms with van der Waals surface area (Å²) in [5, 5.41) is 1.61. The Bertz CT molecular complexity index is 397. The molecule has 0 fully saturated rings. The Morgan fingerprint density at radius 3 is 3.00 bits per heavy atom. The molecule has 18 heavy (non-hydrogen) atoms. The van der Waals surface area contributed by atoms with E-state index in [0.29, 0.717) is 0 Å². The van der Waals surface area contributed by atoms with Gasteiger partial charge >= 0.3 is 0 Å². The third-order valence-corrected chi connectivity index (χ3v) is 13.7. The van der Waals surface area contributed by atoms with Crippen LogP contribution in [-0.2, 0) is 13.0 Å². The van der Waals surface area contributed by atoms with Gasteiger partial charge in [-0.15, -0.1) is 17.9 Å². The average Bonchev–Trinajstić information content (AvgIpc) is 2.43. The monoisotopic (exact) mass is 317 g/mol. The molecule has 0 aliphatic carbocycles. The zero-order valence-corrected chi connectivity index (χ0v) is 15.2. The number of nitrogens with zero attached hydrogens (tertiary/aromatic N) is 1. The Labute approximate surface area is 118 Å². The van der Waals surface area contributed by atoms with Gasteiger partial charge in [0, 0.05) is 13.1 Å². The Hall–Kier alpha value is 0.900. The molecular formula is C13H23NP4. The summed E-state index contributed by atoms with van der Waals surface area (Å²) in [6.45, 7) is 5.96. The molecule has 4 unspecified atom stereocenters. The molecule has 0 saturated heterocycles. The van der Waals surface area contributed by atoms with Crippen LogP contribution in [0.4, 0.5) is 0 Å². The first-order chi connectivity index (χ1) is 8.76. The number of hydrogen-bond donors (Lipinski definition) is 0. The third-order valence-electron chi connectivity index (χ3n) is 3.55. The van der Waals surface area contributed by atoms with Gasteiger partial charge in [-0.05, 0) is 43.1 Å². The minimum Gasteiger partial charge on any atom is -0.299 e. The molecule has 0 bridgehead atoms. The molecule has 0 amide bonds. The standard InChI is InChI=1S/C13H23NP4/c1-2-3-8-14-9-7-11-5-4-6-13(12(11)10-14)18(16)17-15/h4-6,17H,2-3,7-10,15-16H2,1H3. The number of rotatable bonds is 5. The first kappa shape index (κ1) is 15.3. The molecule has 1 aromatic carbocycles. The van der Waals surface area contributed by atoms with Crippen molar-refractivity contribution in [1.29, 1.82) is 0 Å². The highest BCUT2D eigenvalue weighted by Gasteiger charge is 2.20. The summed E-state index contributed by atoms with van der Waals surface area (Å²) in [4.78, 5) is 2.63. The number of benzene rings is 1. The Morgan fingerprint density at radius 2 is 2.28 bits per heavy atom. The van der Waals surface area contributed by atoms with E-state index in [1.807, 2.05) is 0 Å². The van der Waals surface area contributed by atoms with E-state index in [1.165, 1.54) is 38.9 Å².